The summed E-state index contributed by atoms with van der Waals surface area (Å²) in [5, 5.41) is 10.8. The Morgan fingerprint density at radius 1 is 0.816 bits per heavy atom. The summed E-state index contributed by atoms with van der Waals surface area (Å²) in [7, 11) is 0.304. The maximum Gasteiger partial charge on any atom is 0.156 e. The molecule has 1 aliphatic heterocycles. The Balaban J connectivity index is 1.53. The summed E-state index contributed by atoms with van der Waals surface area (Å²) >= 11 is 0. The van der Waals surface area contributed by atoms with E-state index in [0.29, 0.717) is 14.4 Å². The van der Waals surface area contributed by atoms with E-state index in [0.717, 1.165) is 33.3 Å². The number of phenols is 1. The molecular weight excluding hydrogens is 483 g/mol. The maximum absolute atomic E-state index is 10.8. The first-order valence-electron chi connectivity index (χ1n) is 12.8. The maximum atomic E-state index is 10.8. The van der Waals surface area contributed by atoms with E-state index in [4.69, 9.17) is 9.98 Å². The molecule has 1 heterocycles. The predicted octanol–water partition coefficient (Wildman–Crippen LogP) is 8.93. The molecule has 1 aliphatic rings. The molecule has 0 amide bonds. The van der Waals surface area contributed by atoms with Gasteiger partial charge in [0.15, 0.2) is 5.84 Å². The van der Waals surface area contributed by atoms with E-state index in [1.807, 2.05) is 44.2 Å². The number of nitrogens with zero attached hydrogens (tertiary/aromatic N) is 2. The van der Waals surface area contributed by atoms with E-state index in [1.165, 1.54) is 16.7 Å². The van der Waals surface area contributed by atoms with Gasteiger partial charge in [-0.05, 0) is 74.9 Å². The first kappa shape index (κ1) is 25.6. The van der Waals surface area contributed by atoms with Crippen LogP contribution in [0.1, 0.15) is 47.4 Å². The molecule has 0 fully saturated rings. The normalized spacial score (nSPS) is 16.5. The van der Waals surface area contributed by atoms with E-state index in [9.17, 15) is 5.11 Å². The van der Waals surface area contributed by atoms with Gasteiger partial charge >= 0.3 is 0 Å². The fourth-order valence-corrected chi connectivity index (χ4v) is 5.91. The molecule has 3 nitrogen and oxygen atoms in total. The van der Waals surface area contributed by atoms with Crippen molar-refractivity contribution >= 4 is 25.4 Å². The number of amidine groups is 1. The van der Waals surface area contributed by atoms with Gasteiger partial charge in [-0.3, -0.25) is 4.99 Å². The quantitative estimate of drug-likeness (QED) is 0.203. The van der Waals surface area contributed by atoms with Crippen LogP contribution in [0.25, 0.3) is 16.7 Å². The van der Waals surface area contributed by atoms with Crippen LogP contribution in [0.15, 0.2) is 125 Å². The standard InChI is InChI=1S/C34H31N2OP/c1-4-9-24(5-2)26-15-19-29(20-16-26)33-35-32(36-34(38-33)30-21-12-23(3)22-31(30)37)28-17-13-27(14-18-28)25-10-7-6-8-11-25/h4-22,33,37-38H,1-3H3/b9-4-,24-5+. The number of allylic oxidation sites excluding steroid dienone is 4. The monoisotopic (exact) mass is 514 g/mol. The predicted molar refractivity (Wildman–Crippen MR) is 164 cm³/mol. The molecule has 2 unspecified atom stereocenters. The molecule has 1 N–H and O–H groups in total. The van der Waals surface area contributed by atoms with Crippen LogP contribution in [0.5, 0.6) is 5.75 Å². The highest BCUT2D eigenvalue weighted by Crippen LogP contribution is 2.44. The molecule has 5 rings (SSSR count). The smallest absolute Gasteiger partial charge is 0.156 e. The zero-order chi connectivity index (χ0) is 26.5. The number of hydrogen-bond donors (Lipinski definition) is 1. The summed E-state index contributed by atoms with van der Waals surface area (Å²) in [6, 6.07) is 33.2. The van der Waals surface area contributed by atoms with Crippen molar-refractivity contribution in [1.82, 2.24) is 0 Å². The average Bonchev–Trinajstić information content (AvgIpc) is 2.96. The minimum absolute atomic E-state index is 0.0724. The number of phenolic OH excluding ortho intramolecular Hbond substituents is 1. The van der Waals surface area contributed by atoms with Crippen LogP contribution in [-0.2, 0) is 0 Å². The van der Waals surface area contributed by atoms with Gasteiger partial charge in [0.25, 0.3) is 0 Å². The van der Waals surface area contributed by atoms with Crippen molar-refractivity contribution in [2.24, 2.45) is 9.98 Å². The Bertz CT molecular complexity index is 1550. The second-order valence-corrected chi connectivity index (χ2v) is 10.6. The molecule has 0 aliphatic carbocycles. The van der Waals surface area contributed by atoms with Crippen molar-refractivity contribution in [2.75, 3.05) is 0 Å². The lowest BCUT2D eigenvalue weighted by atomic mass is 10.0. The Morgan fingerprint density at radius 2 is 1.50 bits per heavy atom. The SMILES string of the molecule is C/C=C\C(=C/C)c1ccc(C2N=C(c3ccc(-c4ccccc4)cc3)N=C(c3ccc(C)cc3O)P2)cc1. The Kier molecular flexibility index (Phi) is 7.77. The van der Waals surface area contributed by atoms with Crippen LogP contribution < -0.4 is 0 Å². The van der Waals surface area contributed by atoms with Crippen molar-refractivity contribution in [3.63, 3.8) is 0 Å². The van der Waals surface area contributed by atoms with Gasteiger partial charge in [0.05, 0.1) is 11.2 Å². The third-order valence-electron chi connectivity index (χ3n) is 6.62. The summed E-state index contributed by atoms with van der Waals surface area (Å²) < 4.78 is 0. The van der Waals surface area contributed by atoms with E-state index in [2.05, 4.69) is 85.8 Å². The van der Waals surface area contributed by atoms with Crippen LogP contribution in [-0.4, -0.2) is 16.4 Å². The molecule has 4 aromatic carbocycles. The van der Waals surface area contributed by atoms with Gasteiger partial charge in [-0.2, -0.15) is 0 Å². The molecule has 188 valence electrons. The first-order valence-corrected chi connectivity index (χ1v) is 13.9. The van der Waals surface area contributed by atoms with Gasteiger partial charge in [0.1, 0.15) is 5.75 Å². The first-order chi connectivity index (χ1) is 18.6. The molecule has 0 spiro atoms. The largest absolute Gasteiger partial charge is 0.507 e. The third-order valence-corrected chi connectivity index (χ3v) is 8.01. The van der Waals surface area contributed by atoms with Crippen molar-refractivity contribution in [2.45, 2.75) is 26.6 Å². The van der Waals surface area contributed by atoms with Crippen molar-refractivity contribution < 1.29 is 5.11 Å². The topological polar surface area (TPSA) is 45.0 Å². The summed E-state index contributed by atoms with van der Waals surface area (Å²) in [5.41, 5.74) is 9.47. The van der Waals surface area contributed by atoms with Gasteiger partial charge in [-0.25, -0.2) is 4.99 Å². The van der Waals surface area contributed by atoms with Crippen molar-refractivity contribution in [3.8, 4) is 16.9 Å². The summed E-state index contributed by atoms with van der Waals surface area (Å²) in [6.07, 6.45) is 6.30. The molecule has 0 radical (unpaired) electrons. The third kappa shape index (κ3) is 5.59. The van der Waals surface area contributed by atoms with Crippen LogP contribution in [0.3, 0.4) is 0 Å². The number of rotatable bonds is 6. The summed E-state index contributed by atoms with van der Waals surface area (Å²) in [5.74, 6) is 0.877. The lowest BCUT2D eigenvalue weighted by Gasteiger charge is -2.22. The van der Waals surface area contributed by atoms with Gasteiger partial charge in [0, 0.05) is 11.1 Å². The summed E-state index contributed by atoms with van der Waals surface area (Å²) in [4.78, 5) is 10.1. The lowest BCUT2D eigenvalue weighted by Crippen LogP contribution is -2.11. The molecule has 0 saturated heterocycles. The van der Waals surface area contributed by atoms with Crippen LogP contribution in [0, 0.1) is 6.92 Å². The van der Waals surface area contributed by atoms with E-state index < -0.39 is 0 Å². The zero-order valence-electron chi connectivity index (χ0n) is 21.9. The molecule has 4 aromatic rings. The minimum atomic E-state index is -0.0724. The fourth-order valence-electron chi connectivity index (χ4n) is 4.57. The highest BCUT2D eigenvalue weighted by Gasteiger charge is 2.23. The average molecular weight is 515 g/mol. The Hall–Kier alpha value is -4.07. The van der Waals surface area contributed by atoms with Gasteiger partial charge < -0.3 is 5.11 Å². The Morgan fingerprint density at radius 3 is 2.16 bits per heavy atom. The Labute approximate surface area is 226 Å². The molecular formula is C34H31N2OP. The molecule has 2 atom stereocenters. The molecule has 0 bridgehead atoms. The number of aliphatic imine (C=N–C) groups is 2. The fraction of sp³-hybridized carbons (Fsp3) is 0.118. The summed E-state index contributed by atoms with van der Waals surface area (Å²) in [6.45, 7) is 6.07. The number of aryl methyl sites for hydroxylation is 1. The van der Waals surface area contributed by atoms with E-state index >= 15 is 0 Å². The van der Waals surface area contributed by atoms with Gasteiger partial charge in [-0.1, -0.05) is 103 Å². The van der Waals surface area contributed by atoms with Crippen molar-refractivity contribution in [1.29, 1.82) is 0 Å². The van der Waals surface area contributed by atoms with Gasteiger partial charge in [-0.15, -0.1) is 0 Å². The lowest BCUT2D eigenvalue weighted by molar-refractivity contribution is 0.474. The number of hydrogen-bond acceptors (Lipinski definition) is 3. The highest BCUT2D eigenvalue weighted by molar-refractivity contribution is 7.60. The van der Waals surface area contributed by atoms with Crippen LogP contribution in [0.4, 0.5) is 0 Å². The van der Waals surface area contributed by atoms with E-state index in [1.54, 1.807) is 6.07 Å². The molecule has 4 heteroatoms. The number of aromatic hydroxyl groups is 1. The molecule has 0 aromatic heterocycles. The molecule has 0 saturated carbocycles. The van der Waals surface area contributed by atoms with Crippen molar-refractivity contribution in [3.05, 3.63) is 143 Å². The van der Waals surface area contributed by atoms with E-state index in [-0.39, 0.29) is 11.5 Å². The van der Waals surface area contributed by atoms with Crippen LogP contribution >= 0.6 is 8.58 Å². The zero-order valence-corrected chi connectivity index (χ0v) is 22.9. The van der Waals surface area contributed by atoms with Gasteiger partial charge in [0.2, 0.25) is 0 Å². The number of benzene rings is 4. The second-order valence-electron chi connectivity index (χ2n) is 9.29. The minimum Gasteiger partial charge on any atom is -0.507 e. The molecule has 38 heavy (non-hydrogen) atoms. The van der Waals surface area contributed by atoms with Crippen LogP contribution in [0.2, 0.25) is 0 Å². The highest BCUT2D eigenvalue weighted by atomic mass is 31.1. The second kappa shape index (κ2) is 11.5.